The van der Waals surface area contributed by atoms with Crippen LogP contribution in [0.15, 0.2) is 30.3 Å². The van der Waals surface area contributed by atoms with Crippen LogP contribution in [0.25, 0.3) is 17.2 Å². The van der Waals surface area contributed by atoms with E-state index in [9.17, 15) is 0 Å². The smallest absolute Gasteiger partial charge is 0.256 e. The van der Waals surface area contributed by atoms with Crippen LogP contribution in [0, 0.1) is 0 Å². The lowest BCUT2D eigenvalue weighted by Crippen LogP contribution is -2.50. The third-order valence-corrected chi connectivity index (χ3v) is 5.50. The predicted octanol–water partition coefficient (Wildman–Crippen LogP) is 3.09. The lowest BCUT2D eigenvalue weighted by molar-refractivity contribution is 0.480. The summed E-state index contributed by atoms with van der Waals surface area (Å²) in [6.45, 7) is 11.0. The van der Waals surface area contributed by atoms with E-state index in [1.165, 1.54) is 0 Å². The number of aromatic nitrogens is 4. The van der Waals surface area contributed by atoms with Crippen molar-refractivity contribution in [2.24, 2.45) is 0 Å². The molecule has 3 aromatic rings. The second-order valence-corrected chi connectivity index (χ2v) is 7.48. The average Bonchev–Trinajstić information content (AvgIpc) is 3.12. The summed E-state index contributed by atoms with van der Waals surface area (Å²) in [5.41, 5.74) is 0.818. The Balaban J connectivity index is 1.87. The largest absolute Gasteiger partial charge is 0.357 e. The molecule has 1 saturated heterocycles. The Kier molecular flexibility index (Phi) is 5.37. The number of nitrogens with one attached hydrogen (secondary N) is 1. The maximum Gasteiger partial charge on any atom is 0.256 e. The number of rotatable bonds is 5. The maximum atomic E-state index is 6.38. The molecule has 0 saturated carbocycles. The quantitative estimate of drug-likeness (QED) is 0.711. The SMILES string of the molecule is CCN(CC)c1cc(N2CCNC(C)C2)n2nc(-c3ccccc3Cl)nc2n1. The zero-order valence-corrected chi connectivity index (χ0v) is 17.3. The molecule has 1 unspecified atom stereocenters. The van der Waals surface area contributed by atoms with E-state index in [4.69, 9.17) is 26.7 Å². The van der Waals surface area contributed by atoms with Crippen LogP contribution in [-0.2, 0) is 0 Å². The van der Waals surface area contributed by atoms with Gasteiger partial charge in [0.15, 0.2) is 5.82 Å². The summed E-state index contributed by atoms with van der Waals surface area (Å²) >= 11 is 6.38. The molecule has 0 spiro atoms. The standard InChI is InChI=1S/C20H26ClN7/c1-4-26(5-2)17-12-18(27-11-10-22-14(3)13-27)28-20(23-17)24-19(25-28)15-8-6-7-9-16(15)21/h6-9,12,14,22H,4-5,10-11,13H2,1-3H3. The summed E-state index contributed by atoms with van der Waals surface area (Å²) in [5.74, 6) is 3.14. The van der Waals surface area contributed by atoms with Crippen molar-refractivity contribution in [2.45, 2.75) is 26.8 Å². The van der Waals surface area contributed by atoms with Crippen LogP contribution in [0.3, 0.4) is 0 Å². The van der Waals surface area contributed by atoms with Crippen molar-refractivity contribution >= 4 is 29.0 Å². The van der Waals surface area contributed by atoms with E-state index >= 15 is 0 Å². The van der Waals surface area contributed by atoms with Gasteiger partial charge in [-0.2, -0.15) is 14.5 Å². The topological polar surface area (TPSA) is 61.6 Å². The van der Waals surface area contributed by atoms with E-state index in [-0.39, 0.29) is 0 Å². The van der Waals surface area contributed by atoms with E-state index in [0.717, 1.165) is 49.9 Å². The number of benzene rings is 1. The van der Waals surface area contributed by atoms with E-state index in [1.54, 1.807) is 0 Å². The highest BCUT2D eigenvalue weighted by Gasteiger charge is 2.22. The zero-order valence-electron chi connectivity index (χ0n) is 16.6. The third kappa shape index (κ3) is 3.52. The van der Waals surface area contributed by atoms with Crippen molar-refractivity contribution in [3.05, 3.63) is 35.4 Å². The van der Waals surface area contributed by atoms with Gasteiger partial charge < -0.3 is 15.1 Å². The van der Waals surface area contributed by atoms with Crippen LogP contribution in [-0.4, -0.2) is 58.3 Å². The molecular weight excluding hydrogens is 374 g/mol. The second-order valence-electron chi connectivity index (χ2n) is 7.07. The number of halogens is 1. The predicted molar refractivity (Wildman–Crippen MR) is 114 cm³/mol. The van der Waals surface area contributed by atoms with Crippen LogP contribution >= 0.6 is 11.6 Å². The molecule has 0 amide bonds. The van der Waals surface area contributed by atoms with Gasteiger partial charge in [-0.05, 0) is 32.9 Å². The van der Waals surface area contributed by atoms with Crippen LogP contribution < -0.4 is 15.1 Å². The van der Waals surface area contributed by atoms with Gasteiger partial charge in [0.2, 0.25) is 0 Å². The Morgan fingerprint density at radius 1 is 1.21 bits per heavy atom. The molecule has 0 bridgehead atoms. The van der Waals surface area contributed by atoms with Gasteiger partial charge in [0.1, 0.15) is 11.6 Å². The van der Waals surface area contributed by atoms with Gasteiger partial charge in [-0.1, -0.05) is 23.7 Å². The van der Waals surface area contributed by atoms with Gasteiger partial charge in [-0.15, -0.1) is 5.10 Å². The molecule has 3 heterocycles. The first-order valence-electron chi connectivity index (χ1n) is 9.86. The monoisotopic (exact) mass is 399 g/mol. The molecule has 1 aliphatic heterocycles. The minimum atomic E-state index is 0.417. The molecule has 28 heavy (non-hydrogen) atoms. The van der Waals surface area contributed by atoms with Crippen molar-refractivity contribution < 1.29 is 0 Å². The van der Waals surface area contributed by atoms with Crippen LogP contribution in [0.5, 0.6) is 0 Å². The Morgan fingerprint density at radius 2 is 2.00 bits per heavy atom. The van der Waals surface area contributed by atoms with Gasteiger partial charge in [0, 0.05) is 50.4 Å². The van der Waals surface area contributed by atoms with Gasteiger partial charge in [0.25, 0.3) is 5.78 Å². The number of hydrogen-bond donors (Lipinski definition) is 1. The fraction of sp³-hybridized carbons (Fsp3) is 0.450. The van der Waals surface area contributed by atoms with Crippen molar-refractivity contribution in [3.8, 4) is 11.4 Å². The van der Waals surface area contributed by atoms with Crippen LogP contribution in [0.4, 0.5) is 11.6 Å². The van der Waals surface area contributed by atoms with Crippen LogP contribution in [0.2, 0.25) is 5.02 Å². The highest BCUT2D eigenvalue weighted by atomic mass is 35.5. The number of fused-ring (bicyclic) bond motifs is 1. The van der Waals surface area contributed by atoms with Gasteiger partial charge in [-0.3, -0.25) is 0 Å². The molecule has 7 nitrogen and oxygen atoms in total. The fourth-order valence-corrected chi connectivity index (χ4v) is 3.89. The molecule has 0 radical (unpaired) electrons. The van der Waals surface area contributed by atoms with E-state index in [2.05, 4.69) is 42.0 Å². The molecule has 1 fully saturated rings. The zero-order chi connectivity index (χ0) is 19.7. The Morgan fingerprint density at radius 3 is 2.71 bits per heavy atom. The molecule has 1 N–H and O–H groups in total. The highest BCUT2D eigenvalue weighted by Crippen LogP contribution is 2.28. The number of nitrogens with zero attached hydrogens (tertiary/aromatic N) is 6. The summed E-state index contributed by atoms with van der Waals surface area (Å²) in [6.07, 6.45) is 0. The molecule has 148 valence electrons. The first kappa shape index (κ1) is 19.0. The van der Waals surface area contributed by atoms with E-state index in [1.807, 2.05) is 28.8 Å². The van der Waals surface area contributed by atoms with Crippen molar-refractivity contribution in [1.29, 1.82) is 0 Å². The molecule has 0 aliphatic carbocycles. The molecule has 2 aromatic heterocycles. The van der Waals surface area contributed by atoms with Crippen molar-refractivity contribution in [3.63, 3.8) is 0 Å². The van der Waals surface area contributed by atoms with Gasteiger partial charge >= 0.3 is 0 Å². The molecule has 1 aliphatic rings. The Hall–Kier alpha value is -2.38. The summed E-state index contributed by atoms with van der Waals surface area (Å²) in [7, 11) is 0. The van der Waals surface area contributed by atoms with Crippen molar-refractivity contribution in [1.82, 2.24) is 24.9 Å². The summed E-state index contributed by atoms with van der Waals surface area (Å²) in [4.78, 5) is 14.1. The summed E-state index contributed by atoms with van der Waals surface area (Å²) in [5, 5.41) is 8.91. The van der Waals surface area contributed by atoms with Crippen molar-refractivity contribution in [2.75, 3.05) is 42.5 Å². The number of hydrogen-bond acceptors (Lipinski definition) is 6. The first-order chi connectivity index (χ1) is 13.6. The molecular formula is C20H26ClN7. The third-order valence-electron chi connectivity index (χ3n) is 5.17. The van der Waals surface area contributed by atoms with Crippen LogP contribution in [0.1, 0.15) is 20.8 Å². The molecule has 8 heteroatoms. The maximum absolute atomic E-state index is 6.38. The van der Waals surface area contributed by atoms with E-state index in [0.29, 0.717) is 22.7 Å². The second kappa shape index (κ2) is 7.93. The highest BCUT2D eigenvalue weighted by molar-refractivity contribution is 6.33. The van der Waals surface area contributed by atoms with E-state index < -0.39 is 0 Å². The van der Waals surface area contributed by atoms with Gasteiger partial charge in [-0.25, -0.2) is 0 Å². The lowest BCUT2D eigenvalue weighted by atomic mass is 10.2. The minimum Gasteiger partial charge on any atom is -0.357 e. The minimum absolute atomic E-state index is 0.417. The Labute approximate surface area is 170 Å². The normalized spacial score (nSPS) is 17.3. The molecule has 4 rings (SSSR count). The molecule has 1 aromatic carbocycles. The lowest BCUT2D eigenvalue weighted by Gasteiger charge is -2.34. The summed E-state index contributed by atoms with van der Waals surface area (Å²) < 4.78 is 1.85. The Bertz CT molecular complexity index is 966. The fourth-order valence-electron chi connectivity index (χ4n) is 3.67. The summed E-state index contributed by atoms with van der Waals surface area (Å²) in [6, 6.07) is 10.2. The number of anilines is 2. The average molecular weight is 400 g/mol. The first-order valence-corrected chi connectivity index (χ1v) is 10.2. The molecule has 1 atom stereocenters. The van der Waals surface area contributed by atoms with Gasteiger partial charge in [0.05, 0.1) is 5.02 Å². The number of piperazine rings is 1.